The highest BCUT2D eigenvalue weighted by Gasteiger charge is 2.16. The molecule has 1 aromatic carbocycles. The zero-order chi connectivity index (χ0) is 12.3. The second kappa shape index (κ2) is 4.80. The molecule has 0 spiro atoms. The van der Waals surface area contributed by atoms with Crippen molar-refractivity contribution >= 4 is 23.2 Å². The van der Waals surface area contributed by atoms with Crippen molar-refractivity contribution in [2.24, 2.45) is 5.16 Å². The van der Waals surface area contributed by atoms with Gasteiger partial charge in [0.2, 0.25) is 11.6 Å². The molecule has 0 aliphatic rings. The number of aromatic nitrogens is 2. The molecular weight excluding hydrogens is 242 g/mol. The highest BCUT2D eigenvalue weighted by Crippen LogP contribution is 2.11. The number of hydrogen-bond donors (Lipinski definition) is 1. The topological polar surface area (TPSA) is 67.5 Å². The normalized spacial score (nSPS) is 11.5. The lowest BCUT2D eigenvalue weighted by Crippen LogP contribution is -2.22. The lowest BCUT2D eigenvalue weighted by Gasteiger charge is -2.03. The summed E-state index contributed by atoms with van der Waals surface area (Å²) in [5.74, 6) is -0.535. The third kappa shape index (κ3) is 2.34. The number of ketones is 1. The quantitative estimate of drug-likeness (QED) is 0.291. The minimum atomic E-state index is -0.415. The van der Waals surface area contributed by atoms with Crippen LogP contribution in [0, 0.1) is 0 Å². The molecule has 6 heteroatoms. The number of Topliss-reactive ketones (excluding diaryl/α,β-unsaturated/α-hetero) is 1. The summed E-state index contributed by atoms with van der Waals surface area (Å²) >= 11 is 5.72. The number of oxime groups is 1. The number of benzene rings is 1. The van der Waals surface area contributed by atoms with E-state index < -0.39 is 5.78 Å². The third-order valence-electron chi connectivity index (χ3n) is 2.15. The summed E-state index contributed by atoms with van der Waals surface area (Å²) in [5, 5.41) is 12.4. The molecule has 0 aliphatic carbocycles. The number of hydrogen-bond acceptors (Lipinski definition) is 4. The molecular formula is C11H8ClN3O2. The molecule has 2 aromatic rings. The molecule has 0 radical (unpaired) electrons. The van der Waals surface area contributed by atoms with Gasteiger partial charge in [0, 0.05) is 23.0 Å². The molecule has 0 bridgehead atoms. The van der Waals surface area contributed by atoms with Gasteiger partial charge in [0.25, 0.3) is 0 Å². The van der Waals surface area contributed by atoms with Crippen molar-refractivity contribution in [3.63, 3.8) is 0 Å². The zero-order valence-corrected chi connectivity index (χ0v) is 9.37. The molecule has 5 nitrogen and oxygen atoms in total. The first-order chi connectivity index (χ1) is 8.22. The average molecular weight is 250 g/mol. The summed E-state index contributed by atoms with van der Waals surface area (Å²) in [6.45, 7) is 0. The van der Waals surface area contributed by atoms with Crippen LogP contribution in [-0.2, 0) is 0 Å². The van der Waals surface area contributed by atoms with Gasteiger partial charge in [-0.25, -0.2) is 4.98 Å². The summed E-state index contributed by atoms with van der Waals surface area (Å²) in [7, 11) is 0. The van der Waals surface area contributed by atoms with Gasteiger partial charge in [-0.15, -0.1) is 0 Å². The van der Waals surface area contributed by atoms with E-state index in [1.807, 2.05) is 0 Å². The van der Waals surface area contributed by atoms with Crippen molar-refractivity contribution < 1.29 is 10.0 Å². The first-order valence-electron chi connectivity index (χ1n) is 4.73. The van der Waals surface area contributed by atoms with Gasteiger partial charge < -0.3 is 5.21 Å². The lowest BCUT2D eigenvalue weighted by atomic mass is 10.1. The molecule has 1 aromatic heterocycles. The number of halogens is 1. The molecule has 0 saturated carbocycles. The molecule has 0 unspecified atom stereocenters. The lowest BCUT2D eigenvalue weighted by molar-refractivity contribution is 0.105. The van der Waals surface area contributed by atoms with Crippen LogP contribution >= 0.6 is 11.6 Å². The predicted molar refractivity (Wildman–Crippen MR) is 62.6 cm³/mol. The molecule has 0 saturated heterocycles. The van der Waals surface area contributed by atoms with Crippen LogP contribution in [0.5, 0.6) is 0 Å². The largest absolute Gasteiger partial charge is 0.409 e. The van der Waals surface area contributed by atoms with Gasteiger partial charge in [-0.05, 0) is 24.3 Å². The SMILES string of the molecule is O=C(C(=NO)n1ccnc1)c1ccc(Cl)cc1. The number of nitrogens with zero attached hydrogens (tertiary/aromatic N) is 3. The van der Waals surface area contributed by atoms with Gasteiger partial charge in [0.1, 0.15) is 6.33 Å². The number of carbonyl (C=O) groups excluding carboxylic acids is 1. The highest BCUT2D eigenvalue weighted by atomic mass is 35.5. The molecule has 0 amide bonds. The van der Waals surface area contributed by atoms with Crippen molar-refractivity contribution in [2.45, 2.75) is 0 Å². The zero-order valence-electron chi connectivity index (χ0n) is 8.62. The summed E-state index contributed by atoms with van der Waals surface area (Å²) in [4.78, 5) is 15.8. The number of carbonyl (C=O) groups is 1. The fraction of sp³-hybridized carbons (Fsp3) is 0. The summed E-state index contributed by atoms with van der Waals surface area (Å²) in [6.07, 6.45) is 4.38. The van der Waals surface area contributed by atoms with E-state index in [1.54, 1.807) is 24.3 Å². The molecule has 0 atom stereocenters. The fourth-order valence-electron chi connectivity index (χ4n) is 1.33. The van der Waals surface area contributed by atoms with Gasteiger partial charge in [-0.3, -0.25) is 9.36 Å². The Morgan fingerprint density at radius 2 is 2.06 bits per heavy atom. The smallest absolute Gasteiger partial charge is 0.232 e. The van der Waals surface area contributed by atoms with Crippen molar-refractivity contribution in [3.05, 3.63) is 53.6 Å². The average Bonchev–Trinajstić information content (AvgIpc) is 2.84. The Hall–Kier alpha value is -2.14. The Kier molecular flexibility index (Phi) is 3.20. The maximum absolute atomic E-state index is 12.0. The molecule has 0 aliphatic heterocycles. The van der Waals surface area contributed by atoms with E-state index >= 15 is 0 Å². The van der Waals surface area contributed by atoms with Gasteiger partial charge in [0.05, 0.1) is 0 Å². The van der Waals surface area contributed by atoms with Gasteiger partial charge >= 0.3 is 0 Å². The molecule has 17 heavy (non-hydrogen) atoms. The Balaban J connectivity index is 2.34. The van der Waals surface area contributed by atoms with E-state index in [2.05, 4.69) is 10.1 Å². The molecule has 2 rings (SSSR count). The number of rotatable bonds is 2. The first kappa shape index (κ1) is 11.3. The van der Waals surface area contributed by atoms with E-state index in [0.29, 0.717) is 10.6 Å². The Labute approximate surface area is 102 Å². The van der Waals surface area contributed by atoms with Crippen LogP contribution < -0.4 is 0 Å². The van der Waals surface area contributed by atoms with E-state index in [1.165, 1.54) is 23.3 Å². The standard InChI is InChI=1S/C11H8ClN3O2/c12-9-3-1-8(2-4-9)10(16)11(14-17)15-6-5-13-7-15/h1-7,17H. The maximum Gasteiger partial charge on any atom is 0.232 e. The maximum atomic E-state index is 12.0. The van der Waals surface area contributed by atoms with E-state index in [4.69, 9.17) is 16.8 Å². The fourth-order valence-corrected chi connectivity index (χ4v) is 1.46. The second-order valence-corrected chi connectivity index (χ2v) is 3.67. The van der Waals surface area contributed by atoms with Crippen molar-refractivity contribution in [2.75, 3.05) is 0 Å². The van der Waals surface area contributed by atoms with Crippen molar-refractivity contribution in [1.82, 2.24) is 9.55 Å². The van der Waals surface area contributed by atoms with E-state index in [0.717, 1.165) is 0 Å². The summed E-state index contributed by atoms with van der Waals surface area (Å²) < 4.78 is 1.33. The van der Waals surface area contributed by atoms with Gasteiger partial charge in [0.15, 0.2) is 0 Å². The van der Waals surface area contributed by atoms with Crippen LogP contribution in [0.25, 0.3) is 0 Å². The van der Waals surface area contributed by atoms with Crippen LogP contribution in [0.1, 0.15) is 10.4 Å². The molecule has 86 valence electrons. The second-order valence-electron chi connectivity index (χ2n) is 3.23. The van der Waals surface area contributed by atoms with Crippen LogP contribution in [0.3, 0.4) is 0 Å². The van der Waals surface area contributed by atoms with Crippen molar-refractivity contribution in [3.8, 4) is 0 Å². The summed E-state index contributed by atoms with van der Waals surface area (Å²) in [5.41, 5.74) is 0.385. The number of imidazole rings is 1. The first-order valence-corrected chi connectivity index (χ1v) is 5.11. The predicted octanol–water partition coefficient (Wildman–Crippen LogP) is 2.06. The molecule has 0 fully saturated rings. The van der Waals surface area contributed by atoms with Crippen molar-refractivity contribution in [1.29, 1.82) is 0 Å². The molecule has 1 N–H and O–H groups in total. The van der Waals surface area contributed by atoms with Crippen LogP contribution in [0.2, 0.25) is 5.02 Å². The minimum Gasteiger partial charge on any atom is -0.409 e. The minimum absolute atomic E-state index is 0.121. The van der Waals surface area contributed by atoms with Gasteiger partial charge in [-0.1, -0.05) is 16.8 Å². The summed E-state index contributed by atoms with van der Waals surface area (Å²) in [6, 6.07) is 6.31. The highest BCUT2D eigenvalue weighted by molar-refractivity contribution is 6.45. The Morgan fingerprint density at radius 3 is 2.59 bits per heavy atom. The van der Waals surface area contributed by atoms with Crippen LogP contribution in [0.15, 0.2) is 48.1 Å². The van der Waals surface area contributed by atoms with E-state index in [-0.39, 0.29) is 5.84 Å². The van der Waals surface area contributed by atoms with Crippen LogP contribution in [0.4, 0.5) is 0 Å². The Bertz CT molecular complexity index is 547. The van der Waals surface area contributed by atoms with Crippen LogP contribution in [-0.4, -0.2) is 26.4 Å². The van der Waals surface area contributed by atoms with E-state index in [9.17, 15) is 4.79 Å². The Morgan fingerprint density at radius 1 is 1.35 bits per heavy atom. The molecule has 1 heterocycles. The van der Waals surface area contributed by atoms with Gasteiger partial charge in [-0.2, -0.15) is 0 Å². The monoisotopic (exact) mass is 249 g/mol. The third-order valence-corrected chi connectivity index (χ3v) is 2.41.